The molecule has 4 rings (SSSR count). The lowest BCUT2D eigenvalue weighted by Crippen LogP contribution is -2.28. The maximum Gasteiger partial charge on any atom is 0.253 e. The summed E-state index contributed by atoms with van der Waals surface area (Å²) in [6, 6.07) is 11.5. The number of carbonyl (C=O) groups is 1. The van der Waals surface area contributed by atoms with Crippen molar-refractivity contribution in [2.75, 3.05) is 26.2 Å². The van der Waals surface area contributed by atoms with Gasteiger partial charge in [0.15, 0.2) is 16.6 Å². The van der Waals surface area contributed by atoms with E-state index in [4.69, 9.17) is 19.2 Å². The van der Waals surface area contributed by atoms with Crippen LogP contribution in [0.4, 0.5) is 5.13 Å². The molecule has 7 nitrogen and oxygen atoms in total. The summed E-state index contributed by atoms with van der Waals surface area (Å²) in [6.07, 6.45) is 6.72. The van der Waals surface area contributed by atoms with Gasteiger partial charge in [0.25, 0.3) is 5.91 Å². The van der Waals surface area contributed by atoms with E-state index < -0.39 is 0 Å². The summed E-state index contributed by atoms with van der Waals surface area (Å²) in [4.78, 5) is 24.2. The van der Waals surface area contributed by atoms with Crippen molar-refractivity contribution in [2.24, 2.45) is 0 Å². The first-order valence-corrected chi connectivity index (χ1v) is 11.8. The summed E-state index contributed by atoms with van der Waals surface area (Å²) >= 11 is 1.50. The van der Waals surface area contributed by atoms with Crippen molar-refractivity contribution < 1.29 is 19.0 Å². The molecule has 0 spiro atoms. The minimum atomic E-state index is -0.198. The van der Waals surface area contributed by atoms with Crippen molar-refractivity contribution in [1.29, 1.82) is 0 Å². The number of amides is 1. The predicted octanol–water partition coefficient (Wildman–Crippen LogP) is 5.58. The third-order valence-corrected chi connectivity index (χ3v) is 6.78. The van der Waals surface area contributed by atoms with Gasteiger partial charge >= 0.3 is 0 Å². The number of methoxy groups -OCH3 is 3. The third kappa shape index (κ3) is 5.12. The number of aromatic nitrogens is 2. The Morgan fingerprint density at radius 1 is 1.06 bits per heavy atom. The zero-order valence-corrected chi connectivity index (χ0v) is 21.2. The minimum absolute atomic E-state index is 0.198. The van der Waals surface area contributed by atoms with Crippen molar-refractivity contribution in [3.8, 4) is 17.2 Å². The monoisotopic (exact) mass is 489 g/mol. The van der Waals surface area contributed by atoms with E-state index in [2.05, 4.69) is 31.0 Å². The topological polar surface area (TPSA) is 73.8 Å². The molecule has 0 atom stereocenters. The molecule has 0 saturated carbocycles. The second-order valence-electron chi connectivity index (χ2n) is 7.93. The first-order chi connectivity index (χ1) is 16.9. The Bertz CT molecular complexity index is 1360. The average Bonchev–Trinajstić information content (AvgIpc) is 3.32. The van der Waals surface area contributed by atoms with Crippen molar-refractivity contribution in [3.63, 3.8) is 0 Å². The Kier molecular flexibility index (Phi) is 7.31. The van der Waals surface area contributed by atoms with E-state index in [1.54, 1.807) is 56.8 Å². The Morgan fingerprint density at radius 2 is 1.80 bits per heavy atom. The highest BCUT2D eigenvalue weighted by atomic mass is 32.1. The number of hydrogen-bond acceptors (Lipinski definition) is 7. The van der Waals surface area contributed by atoms with E-state index in [0.717, 1.165) is 26.9 Å². The molecule has 0 bridgehead atoms. The average molecular weight is 490 g/mol. The van der Waals surface area contributed by atoms with Crippen LogP contribution in [-0.4, -0.2) is 37.2 Å². The van der Waals surface area contributed by atoms with E-state index in [-0.39, 0.29) is 5.91 Å². The van der Waals surface area contributed by atoms with Crippen molar-refractivity contribution in [2.45, 2.75) is 20.4 Å². The molecule has 1 amide bonds. The minimum Gasteiger partial charge on any atom is -0.493 e. The normalized spacial score (nSPS) is 11.1. The maximum atomic E-state index is 13.5. The molecule has 0 aliphatic carbocycles. The van der Waals surface area contributed by atoms with E-state index in [0.29, 0.717) is 28.9 Å². The lowest BCUT2D eigenvalue weighted by atomic mass is 10.1. The van der Waals surface area contributed by atoms with Crippen molar-refractivity contribution in [3.05, 3.63) is 77.1 Å². The molecule has 0 aliphatic rings. The molecular formula is C27H27N3O4S. The third-order valence-electron chi connectivity index (χ3n) is 5.74. The molecule has 180 valence electrons. The van der Waals surface area contributed by atoms with Crippen LogP contribution in [0.3, 0.4) is 0 Å². The molecule has 0 unspecified atom stereocenters. The van der Waals surface area contributed by atoms with Gasteiger partial charge in [-0.3, -0.25) is 14.7 Å². The molecule has 8 heteroatoms. The molecule has 0 fully saturated rings. The van der Waals surface area contributed by atoms with Crippen LogP contribution in [-0.2, 0) is 11.3 Å². The Labute approximate surface area is 208 Å². The second kappa shape index (κ2) is 10.6. The molecule has 0 saturated heterocycles. The highest BCUT2D eigenvalue weighted by Crippen LogP contribution is 2.38. The number of anilines is 1. The largest absolute Gasteiger partial charge is 0.493 e. The van der Waals surface area contributed by atoms with Gasteiger partial charge in [-0.25, -0.2) is 4.98 Å². The summed E-state index contributed by atoms with van der Waals surface area (Å²) in [5.41, 5.74) is 4.86. The van der Waals surface area contributed by atoms with Gasteiger partial charge in [0.05, 0.1) is 38.1 Å². The van der Waals surface area contributed by atoms with Gasteiger partial charge in [-0.2, -0.15) is 0 Å². The Morgan fingerprint density at radius 3 is 2.43 bits per heavy atom. The Hall–Kier alpha value is -3.91. The number of fused-ring (bicyclic) bond motifs is 1. The number of aryl methyl sites for hydroxylation is 2. The molecular weight excluding hydrogens is 462 g/mol. The van der Waals surface area contributed by atoms with Crippen LogP contribution in [0.5, 0.6) is 17.2 Å². The highest BCUT2D eigenvalue weighted by Gasteiger charge is 2.20. The fraction of sp³-hybridized carbons (Fsp3) is 0.222. The van der Waals surface area contributed by atoms with Crippen molar-refractivity contribution in [1.82, 2.24) is 9.97 Å². The van der Waals surface area contributed by atoms with Gasteiger partial charge in [-0.1, -0.05) is 23.5 Å². The van der Waals surface area contributed by atoms with Crippen molar-refractivity contribution >= 4 is 38.7 Å². The molecule has 4 aromatic rings. The van der Waals surface area contributed by atoms with Gasteiger partial charge < -0.3 is 14.2 Å². The SMILES string of the molecule is COc1cc(/C=C/C(=O)N(Cc2cccnc2)c2nc3c(C)c(C)ccc3s2)cc(OC)c1OC. The van der Waals surface area contributed by atoms with Crippen LogP contribution in [0.25, 0.3) is 16.3 Å². The smallest absolute Gasteiger partial charge is 0.253 e. The quantitative estimate of drug-likeness (QED) is 0.301. The number of carbonyl (C=O) groups excluding carboxylic acids is 1. The number of rotatable bonds is 8. The second-order valence-corrected chi connectivity index (χ2v) is 8.94. The number of ether oxygens (including phenoxy) is 3. The standard InChI is InChI=1S/C27H27N3O4S/c1-17-8-10-23-25(18(17)2)29-27(35-23)30(16-20-7-6-12-28-15-20)24(31)11-9-19-13-21(32-3)26(34-5)22(14-19)33-4/h6-15H,16H2,1-5H3/b11-9+. The van der Waals surface area contributed by atoms with E-state index in [1.807, 2.05) is 12.1 Å². The van der Waals surface area contributed by atoms with Crippen LogP contribution < -0.4 is 19.1 Å². The van der Waals surface area contributed by atoms with Gasteiger partial charge in [0.2, 0.25) is 5.75 Å². The van der Waals surface area contributed by atoms with Gasteiger partial charge in [0.1, 0.15) is 0 Å². The number of benzene rings is 2. The van der Waals surface area contributed by atoms with Crippen LogP contribution in [0.15, 0.2) is 54.9 Å². The summed E-state index contributed by atoms with van der Waals surface area (Å²) in [5, 5.41) is 0.636. The molecule has 2 heterocycles. The van der Waals surface area contributed by atoms with E-state index in [9.17, 15) is 4.79 Å². The zero-order valence-electron chi connectivity index (χ0n) is 20.4. The van der Waals surface area contributed by atoms with E-state index in [1.165, 1.54) is 23.0 Å². The predicted molar refractivity (Wildman–Crippen MR) is 140 cm³/mol. The zero-order chi connectivity index (χ0) is 24.9. The lowest BCUT2D eigenvalue weighted by Gasteiger charge is -2.18. The Balaban J connectivity index is 1.71. The summed E-state index contributed by atoms with van der Waals surface area (Å²) in [5.74, 6) is 1.33. The summed E-state index contributed by atoms with van der Waals surface area (Å²) in [6.45, 7) is 4.47. The van der Waals surface area contributed by atoms with Crippen LogP contribution in [0.2, 0.25) is 0 Å². The number of nitrogens with zero attached hydrogens (tertiary/aromatic N) is 3. The van der Waals surface area contributed by atoms with Crippen LogP contribution in [0, 0.1) is 13.8 Å². The fourth-order valence-electron chi connectivity index (χ4n) is 3.70. The van der Waals surface area contributed by atoms with Crippen LogP contribution >= 0.6 is 11.3 Å². The molecule has 0 aliphatic heterocycles. The first kappa shape index (κ1) is 24.2. The molecule has 35 heavy (non-hydrogen) atoms. The van der Waals surface area contributed by atoms with Gasteiger partial charge in [-0.05, 0) is 66.4 Å². The fourth-order valence-corrected chi connectivity index (χ4v) is 4.73. The number of hydrogen-bond donors (Lipinski definition) is 0. The number of thiazole rings is 1. The van der Waals surface area contributed by atoms with E-state index >= 15 is 0 Å². The molecule has 2 aromatic heterocycles. The van der Waals surface area contributed by atoms with Gasteiger partial charge in [0, 0.05) is 18.5 Å². The summed E-state index contributed by atoms with van der Waals surface area (Å²) < 4.78 is 17.3. The maximum absolute atomic E-state index is 13.5. The lowest BCUT2D eigenvalue weighted by molar-refractivity contribution is -0.114. The molecule has 0 radical (unpaired) electrons. The first-order valence-electron chi connectivity index (χ1n) is 11.0. The molecule has 2 aromatic carbocycles. The highest BCUT2D eigenvalue weighted by molar-refractivity contribution is 7.22. The summed E-state index contributed by atoms with van der Waals surface area (Å²) in [7, 11) is 4.67. The molecule has 0 N–H and O–H groups in total. The van der Waals surface area contributed by atoms with Gasteiger partial charge in [-0.15, -0.1) is 0 Å². The van der Waals surface area contributed by atoms with Crippen LogP contribution in [0.1, 0.15) is 22.3 Å². The number of pyridine rings is 1.